The zero-order valence-electron chi connectivity index (χ0n) is 11.3. The number of imidazole rings is 1. The van der Waals surface area contributed by atoms with Gasteiger partial charge >= 0.3 is 0 Å². The van der Waals surface area contributed by atoms with Crippen LogP contribution < -0.4 is 10.1 Å². The van der Waals surface area contributed by atoms with Crippen molar-refractivity contribution in [3.8, 4) is 5.75 Å². The summed E-state index contributed by atoms with van der Waals surface area (Å²) in [5.74, 6) is 0.773. The summed E-state index contributed by atoms with van der Waals surface area (Å²) >= 11 is 0. The van der Waals surface area contributed by atoms with Crippen LogP contribution >= 0.6 is 0 Å². The average Bonchev–Trinajstić information content (AvgIpc) is 2.92. The second-order valence-corrected chi connectivity index (χ2v) is 4.48. The number of halogens is 1. The summed E-state index contributed by atoms with van der Waals surface area (Å²) in [4.78, 5) is 7.25. The number of hydrogen-bond acceptors (Lipinski definition) is 3. The van der Waals surface area contributed by atoms with Crippen molar-refractivity contribution in [2.24, 2.45) is 0 Å². The van der Waals surface area contributed by atoms with Gasteiger partial charge < -0.3 is 15.0 Å². The van der Waals surface area contributed by atoms with Gasteiger partial charge in [0.15, 0.2) is 11.6 Å². The fraction of sp³-hybridized carbons (Fsp3) is 0.357. The van der Waals surface area contributed by atoms with E-state index in [9.17, 15) is 4.39 Å². The summed E-state index contributed by atoms with van der Waals surface area (Å²) in [6, 6.07) is 5.07. The smallest absolute Gasteiger partial charge is 0.165 e. The highest BCUT2D eigenvalue weighted by Gasteiger charge is 2.14. The van der Waals surface area contributed by atoms with Gasteiger partial charge in [0.2, 0.25) is 0 Å². The van der Waals surface area contributed by atoms with Crippen LogP contribution in [0.1, 0.15) is 37.3 Å². The van der Waals surface area contributed by atoms with E-state index in [-0.39, 0.29) is 23.7 Å². The van der Waals surface area contributed by atoms with Crippen molar-refractivity contribution in [3.63, 3.8) is 0 Å². The fourth-order valence-corrected chi connectivity index (χ4v) is 2.02. The summed E-state index contributed by atoms with van der Waals surface area (Å²) in [5, 5.41) is 3.36. The van der Waals surface area contributed by atoms with E-state index < -0.39 is 0 Å². The van der Waals surface area contributed by atoms with Crippen LogP contribution in [0.5, 0.6) is 5.75 Å². The van der Waals surface area contributed by atoms with Crippen LogP contribution in [0.3, 0.4) is 0 Å². The van der Waals surface area contributed by atoms with Crippen molar-refractivity contribution in [3.05, 3.63) is 47.8 Å². The molecule has 1 heterocycles. The quantitative estimate of drug-likeness (QED) is 0.872. The number of ether oxygens (including phenoxy) is 1. The van der Waals surface area contributed by atoms with E-state index >= 15 is 0 Å². The maximum Gasteiger partial charge on any atom is 0.165 e. The minimum Gasteiger partial charge on any atom is -0.494 e. The molecule has 2 rings (SSSR count). The Morgan fingerprint density at radius 3 is 2.68 bits per heavy atom. The van der Waals surface area contributed by atoms with Crippen LogP contribution in [0, 0.1) is 5.82 Å². The molecule has 4 nitrogen and oxygen atoms in total. The minimum absolute atomic E-state index is 0.0144. The van der Waals surface area contributed by atoms with Crippen LogP contribution in [0.15, 0.2) is 30.6 Å². The molecule has 19 heavy (non-hydrogen) atoms. The Kier molecular flexibility index (Phi) is 4.16. The second kappa shape index (κ2) is 5.84. The zero-order chi connectivity index (χ0) is 13.8. The van der Waals surface area contributed by atoms with Gasteiger partial charge in [0.05, 0.1) is 13.2 Å². The summed E-state index contributed by atoms with van der Waals surface area (Å²) < 4.78 is 18.6. The van der Waals surface area contributed by atoms with E-state index in [2.05, 4.69) is 15.3 Å². The highest BCUT2D eigenvalue weighted by molar-refractivity contribution is 5.30. The van der Waals surface area contributed by atoms with Gasteiger partial charge in [-0.1, -0.05) is 6.07 Å². The molecule has 0 aliphatic heterocycles. The van der Waals surface area contributed by atoms with E-state index in [4.69, 9.17) is 4.74 Å². The van der Waals surface area contributed by atoms with Gasteiger partial charge in [-0.25, -0.2) is 9.37 Å². The fourth-order valence-electron chi connectivity index (χ4n) is 2.02. The number of methoxy groups -OCH3 is 1. The Balaban J connectivity index is 2.07. The Hall–Kier alpha value is -1.88. The number of nitrogens with zero attached hydrogens (tertiary/aromatic N) is 1. The molecule has 0 spiro atoms. The third-order valence-corrected chi connectivity index (χ3v) is 3.11. The third-order valence-electron chi connectivity index (χ3n) is 3.11. The summed E-state index contributed by atoms with van der Waals surface area (Å²) in [6.45, 7) is 4.00. The number of H-pyrrole nitrogens is 1. The molecule has 2 unspecified atom stereocenters. The molecule has 0 aliphatic carbocycles. The Bertz CT molecular complexity index is 527. The Labute approximate surface area is 112 Å². The maximum absolute atomic E-state index is 13.7. The van der Waals surface area contributed by atoms with Crippen LogP contribution in [-0.4, -0.2) is 17.1 Å². The van der Waals surface area contributed by atoms with E-state index in [0.717, 1.165) is 11.4 Å². The highest BCUT2D eigenvalue weighted by atomic mass is 19.1. The lowest BCUT2D eigenvalue weighted by molar-refractivity contribution is 0.385. The van der Waals surface area contributed by atoms with Crippen molar-refractivity contribution in [2.75, 3.05) is 7.11 Å². The molecule has 2 atom stereocenters. The van der Waals surface area contributed by atoms with Crippen LogP contribution in [0.25, 0.3) is 0 Å². The van der Waals surface area contributed by atoms with E-state index in [1.807, 2.05) is 19.9 Å². The predicted molar refractivity (Wildman–Crippen MR) is 71.5 cm³/mol. The number of benzene rings is 1. The normalized spacial score (nSPS) is 14.1. The first kappa shape index (κ1) is 13.5. The number of nitrogens with one attached hydrogen (secondary N) is 2. The maximum atomic E-state index is 13.7. The number of aromatic amines is 1. The number of aromatic nitrogens is 2. The van der Waals surface area contributed by atoms with Gasteiger partial charge in [0.1, 0.15) is 5.82 Å². The molecule has 2 aromatic rings. The van der Waals surface area contributed by atoms with Gasteiger partial charge in [0.25, 0.3) is 0 Å². The Morgan fingerprint density at radius 1 is 1.32 bits per heavy atom. The molecule has 0 saturated carbocycles. The monoisotopic (exact) mass is 263 g/mol. The molecule has 0 radical (unpaired) electrons. The van der Waals surface area contributed by atoms with Gasteiger partial charge in [-0.15, -0.1) is 0 Å². The molecule has 0 saturated heterocycles. The lowest BCUT2D eigenvalue weighted by atomic mass is 10.1. The minimum atomic E-state index is -0.348. The van der Waals surface area contributed by atoms with Gasteiger partial charge in [0, 0.05) is 18.4 Å². The van der Waals surface area contributed by atoms with Crippen LogP contribution in [-0.2, 0) is 0 Å². The molecule has 102 valence electrons. The first-order chi connectivity index (χ1) is 9.11. The molecule has 1 aromatic heterocycles. The topological polar surface area (TPSA) is 49.9 Å². The summed E-state index contributed by atoms with van der Waals surface area (Å²) in [6.07, 6.45) is 3.50. The standard InChI is InChI=1S/C14H18FN3O/c1-9(18-10(2)14-16-6-7-17-14)11-4-5-13(19-3)12(15)8-11/h4-10,18H,1-3H3,(H,16,17). The SMILES string of the molecule is COc1ccc(C(C)NC(C)c2ncc[nH]2)cc1F. The van der Waals surface area contributed by atoms with Crippen molar-refractivity contribution in [1.29, 1.82) is 0 Å². The van der Waals surface area contributed by atoms with Crippen molar-refractivity contribution >= 4 is 0 Å². The molecule has 0 fully saturated rings. The van der Waals surface area contributed by atoms with E-state index in [0.29, 0.717) is 0 Å². The molecule has 2 N–H and O–H groups in total. The molecule has 5 heteroatoms. The predicted octanol–water partition coefficient (Wildman–Crippen LogP) is 2.97. The average molecular weight is 263 g/mol. The lowest BCUT2D eigenvalue weighted by Gasteiger charge is -2.19. The van der Waals surface area contributed by atoms with Gasteiger partial charge in [-0.2, -0.15) is 0 Å². The second-order valence-electron chi connectivity index (χ2n) is 4.48. The summed E-state index contributed by atoms with van der Waals surface area (Å²) in [7, 11) is 1.46. The molecule has 0 amide bonds. The summed E-state index contributed by atoms with van der Waals surface area (Å²) in [5.41, 5.74) is 0.872. The van der Waals surface area contributed by atoms with Gasteiger partial charge in [-0.05, 0) is 31.5 Å². The molecular weight excluding hydrogens is 245 g/mol. The van der Waals surface area contributed by atoms with Crippen molar-refractivity contribution < 1.29 is 9.13 Å². The molecular formula is C14H18FN3O. The van der Waals surface area contributed by atoms with Gasteiger partial charge in [-0.3, -0.25) is 0 Å². The molecule has 0 aliphatic rings. The largest absolute Gasteiger partial charge is 0.494 e. The van der Waals surface area contributed by atoms with E-state index in [1.165, 1.54) is 13.2 Å². The highest BCUT2D eigenvalue weighted by Crippen LogP contribution is 2.23. The van der Waals surface area contributed by atoms with Crippen molar-refractivity contribution in [1.82, 2.24) is 15.3 Å². The van der Waals surface area contributed by atoms with E-state index in [1.54, 1.807) is 18.5 Å². The van der Waals surface area contributed by atoms with Crippen LogP contribution in [0.4, 0.5) is 4.39 Å². The number of rotatable bonds is 5. The molecule has 0 bridgehead atoms. The third kappa shape index (κ3) is 3.12. The lowest BCUT2D eigenvalue weighted by Crippen LogP contribution is -2.23. The molecule has 1 aromatic carbocycles. The first-order valence-electron chi connectivity index (χ1n) is 6.20. The zero-order valence-corrected chi connectivity index (χ0v) is 11.3. The number of hydrogen-bond donors (Lipinski definition) is 2. The van der Waals surface area contributed by atoms with Crippen LogP contribution in [0.2, 0.25) is 0 Å². The van der Waals surface area contributed by atoms with Crippen molar-refractivity contribution in [2.45, 2.75) is 25.9 Å². The Morgan fingerprint density at radius 2 is 2.11 bits per heavy atom. The first-order valence-corrected chi connectivity index (χ1v) is 6.20.